The molecule has 0 amide bonds. The summed E-state index contributed by atoms with van der Waals surface area (Å²) in [5.74, 6) is -1.59. The normalized spacial score (nSPS) is 14.7. The van der Waals surface area contributed by atoms with Crippen molar-refractivity contribution in [2.24, 2.45) is 0 Å². The Kier molecular flexibility index (Phi) is 69.2. The van der Waals surface area contributed by atoms with Crippen molar-refractivity contribution in [2.75, 3.05) is 39.6 Å². The van der Waals surface area contributed by atoms with Gasteiger partial charge in [0.05, 0.1) is 26.4 Å². The van der Waals surface area contributed by atoms with E-state index in [1.165, 1.54) is 116 Å². The van der Waals surface area contributed by atoms with E-state index in [9.17, 15) is 43.5 Å². The fourth-order valence-corrected chi connectivity index (χ4v) is 11.8. The lowest BCUT2D eigenvalue weighted by molar-refractivity contribution is -0.161. The minimum Gasteiger partial charge on any atom is -0.463 e. The monoisotopic (exact) mass is 1400 g/mol. The topological polar surface area (TPSA) is 231 Å². The molecule has 0 saturated heterocycles. The highest BCUT2D eigenvalue weighted by molar-refractivity contribution is 7.47. The predicted molar refractivity (Wildman–Crippen MR) is 399 cm³/mol. The molecule has 16 nitrogen and oxygen atoms in total. The van der Waals surface area contributed by atoms with Crippen molar-refractivity contribution >= 4 is 33.6 Å². The van der Waals surface area contributed by atoms with Gasteiger partial charge in [-0.25, -0.2) is 9.13 Å². The highest BCUT2D eigenvalue weighted by atomic mass is 31.2. The maximum Gasteiger partial charge on any atom is 0.472 e. The lowest BCUT2D eigenvalue weighted by atomic mass is 10.0. The molecule has 5 atom stereocenters. The first-order chi connectivity index (χ1) is 47.2. The Labute approximate surface area is 590 Å². The fourth-order valence-electron chi connectivity index (χ4n) is 10.2. The van der Waals surface area contributed by atoms with Gasteiger partial charge in [-0.1, -0.05) is 297 Å². The van der Waals surface area contributed by atoms with Crippen molar-refractivity contribution < 1.29 is 75.8 Å². The zero-order valence-electron chi connectivity index (χ0n) is 61.0. The summed E-state index contributed by atoms with van der Waals surface area (Å²) < 4.78 is 61.1. The number of unbranched alkanes of at least 4 members (excludes halogenated alkanes) is 31. The molecule has 560 valence electrons. The van der Waals surface area contributed by atoms with Crippen molar-refractivity contribution in [3.63, 3.8) is 0 Å². The summed E-state index contributed by atoms with van der Waals surface area (Å²) in [6, 6.07) is 0. The molecule has 0 aromatic rings. The van der Waals surface area contributed by atoms with Crippen molar-refractivity contribution in [3.8, 4) is 0 Å². The number of esters is 3. The van der Waals surface area contributed by atoms with E-state index in [4.69, 9.17) is 32.3 Å². The third kappa shape index (κ3) is 73.3. The van der Waals surface area contributed by atoms with Gasteiger partial charge in [-0.05, 0) is 109 Å². The zero-order valence-corrected chi connectivity index (χ0v) is 62.8. The second kappa shape index (κ2) is 72.0. The van der Waals surface area contributed by atoms with E-state index in [-0.39, 0.29) is 19.3 Å². The number of aliphatic hydroxyl groups is 2. The van der Waals surface area contributed by atoms with Gasteiger partial charge in [0.2, 0.25) is 0 Å². The second-order valence-corrected chi connectivity index (χ2v) is 28.3. The number of carbonyl (C=O) groups excluding carboxylic acids is 3. The number of phosphoric ester groups is 2. The number of rotatable bonds is 72. The maximum absolute atomic E-state index is 13.0. The summed E-state index contributed by atoms with van der Waals surface area (Å²) in [5.41, 5.74) is 0. The van der Waals surface area contributed by atoms with Gasteiger partial charge < -0.3 is 34.2 Å². The van der Waals surface area contributed by atoms with Crippen molar-refractivity contribution in [1.82, 2.24) is 0 Å². The summed E-state index contributed by atoms with van der Waals surface area (Å²) in [6.07, 6.45) is 82.7. The van der Waals surface area contributed by atoms with E-state index in [0.717, 1.165) is 141 Å². The average molecular weight is 1410 g/mol. The van der Waals surface area contributed by atoms with Crippen LogP contribution in [-0.2, 0) is 55.8 Å². The molecule has 0 aromatic heterocycles. The van der Waals surface area contributed by atoms with E-state index >= 15 is 0 Å². The minimum absolute atomic E-state index is 0.102. The molecule has 0 aromatic carbocycles. The summed E-state index contributed by atoms with van der Waals surface area (Å²) in [5, 5.41) is 20.6. The van der Waals surface area contributed by atoms with Gasteiger partial charge in [0.25, 0.3) is 0 Å². The molecule has 0 radical (unpaired) electrons. The molecule has 97 heavy (non-hydrogen) atoms. The standard InChI is InChI=1S/C79H138O16P2/c1-4-7-10-13-16-19-22-25-28-30-32-34-35-36-37-39-41-42-45-47-50-53-56-59-62-65-77(82)89-68-74(80)69-91-96(85,86)92-70-75(81)71-93-97(87,88)94-73-76(95-79(84)67-64-61-58-55-52-49-44-27-24-21-18-15-12-9-6-3)72-90-78(83)66-63-60-57-54-51-48-46-43-40-38-33-31-29-26-23-20-17-14-11-8-5-2/h8,11,16-17,19-20,25-26,28-29,32-34,36-38,43,46,74-76,80-81H,4-7,9-10,12-15,18,21-24,27,30-31,35,39-42,44-45,47-73H2,1-3H3,(H,85,86)(H,87,88)/b11-8-,19-16-,20-17-,28-25-,29-26-,34-32-,37-36-,38-33-,46-43-. The number of allylic oxidation sites excluding steroid dienone is 18. The highest BCUT2D eigenvalue weighted by Crippen LogP contribution is 2.45. The van der Waals surface area contributed by atoms with Gasteiger partial charge in [-0.3, -0.25) is 32.5 Å². The zero-order chi connectivity index (χ0) is 70.9. The molecule has 0 rings (SSSR count). The Balaban J connectivity index is 4.61. The molecule has 0 aliphatic heterocycles. The molecule has 0 heterocycles. The van der Waals surface area contributed by atoms with Crippen molar-refractivity contribution in [1.29, 1.82) is 0 Å². The van der Waals surface area contributed by atoms with E-state index in [1.54, 1.807) is 0 Å². The summed E-state index contributed by atoms with van der Waals surface area (Å²) in [7, 11) is -9.79. The van der Waals surface area contributed by atoms with Crippen LogP contribution in [0.4, 0.5) is 0 Å². The Hall–Kier alpha value is -3.79. The maximum atomic E-state index is 13.0. The van der Waals surface area contributed by atoms with Crippen LogP contribution in [-0.4, -0.2) is 95.9 Å². The largest absolute Gasteiger partial charge is 0.472 e. The van der Waals surface area contributed by atoms with Gasteiger partial charge in [-0.2, -0.15) is 0 Å². The van der Waals surface area contributed by atoms with Gasteiger partial charge in [0.1, 0.15) is 25.4 Å². The molecule has 0 spiro atoms. The summed E-state index contributed by atoms with van der Waals surface area (Å²) in [6.45, 7) is 2.54. The summed E-state index contributed by atoms with van der Waals surface area (Å²) in [4.78, 5) is 58.6. The van der Waals surface area contributed by atoms with Crippen LogP contribution in [0, 0.1) is 0 Å². The summed E-state index contributed by atoms with van der Waals surface area (Å²) >= 11 is 0. The molecular formula is C79H138O16P2. The van der Waals surface area contributed by atoms with Crippen molar-refractivity contribution in [3.05, 3.63) is 109 Å². The van der Waals surface area contributed by atoms with Crippen LogP contribution in [0.5, 0.6) is 0 Å². The quantitative estimate of drug-likeness (QED) is 0.0146. The van der Waals surface area contributed by atoms with Crippen LogP contribution in [0.2, 0.25) is 0 Å². The number of phosphoric acid groups is 2. The molecule has 4 N–H and O–H groups in total. The van der Waals surface area contributed by atoms with E-state index in [0.29, 0.717) is 19.3 Å². The third-order valence-electron chi connectivity index (χ3n) is 16.0. The number of hydrogen-bond donors (Lipinski definition) is 4. The van der Waals surface area contributed by atoms with E-state index in [2.05, 4.69) is 130 Å². The lowest BCUT2D eigenvalue weighted by Crippen LogP contribution is -2.30. The van der Waals surface area contributed by atoms with Crippen LogP contribution in [0.3, 0.4) is 0 Å². The van der Waals surface area contributed by atoms with Gasteiger partial charge in [0.15, 0.2) is 6.10 Å². The number of hydrogen-bond acceptors (Lipinski definition) is 14. The smallest absolute Gasteiger partial charge is 0.463 e. The van der Waals surface area contributed by atoms with Crippen LogP contribution >= 0.6 is 15.6 Å². The first kappa shape index (κ1) is 93.2. The lowest BCUT2D eigenvalue weighted by Gasteiger charge is -2.21. The Bertz CT molecular complexity index is 2200. The molecule has 5 unspecified atom stereocenters. The molecular weight excluding hydrogens is 1270 g/mol. The molecule has 0 bridgehead atoms. The number of ether oxygens (including phenoxy) is 3. The Morgan fingerprint density at radius 3 is 0.887 bits per heavy atom. The first-order valence-electron chi connectivity index (χ1n) is 38.2. The number of aliphatic hydroxyl groups excluding tert-OH is 2. The van der Waals surface area contributed by atoms with Gasteiger partial charge >= 0.3 is 33.6 Å². The highest BCUT2D eigenvalue weighted by Gasteiger charge is 2.29. The van der Waals surface area contributed by atoms with Crippen LogP contribution in [0.1, 0.15) is 316 Å². The fraction of sp³-hybridized carbons (Fsp3) is 0.734. The van der Waals surface area contributed by atoms with Crippen LogP contribution in [0.25, 0.3) is 0 Å². The first-order valence-corrected chi connectivity index (χ1v) is 41.2. The molecule has 0 aliphatic carbocycles. The minimum atomic E-state index is -4.93. The van der Waals surface area contributed by atoms with E-state index < -0.39 is 91.5 Å². The molecule has 0 aliphatic rings. The molecule has 0 saturated carbocycles. The molecule has 18 heteroatoms. The molecule has 0 fully saturated rings. The Morgan fingerprint density at radius 1 is 0.299 bits per heavy atom. The predicted octanol–water partition coefficient (Wildman–Crippen LogP) is 22.0. The van der Waals surface area contributed by atoms with Gasteiger partial charge in [0, 0.05) is 19.3 Å². The third-order valence-corrected chi connectivity index (χ3v) is 17.9. The van der Waals surface area contributed by atoms with Crippen molar-refractivity contribution in [2.45, 2.75) is 334 Å². The van der Waals surface area contributed by atoms with E-state index in [1.807, 2.05) is 0 Å². The van der Waals surface area contributed by atoms with Gasteiger partial charge in [-0.15, -0.1) is 0 Å². The average Bonchev–Trinajstić information content (AvgIpc) is 2.08. The number of carbonyl (C=O) groups is 3. The van der Waals surface area contributed by atoms with Crippen LogP contribution < -0.4 is 0 Å². The van der Waals surface area contributed by atoms with Crippen LogP contribution in [0.15, 0.2) is 109 Å². The Morgan fingerprint density at radius 2 is 0.546 bits per heavy atom. The second-order valence-electron chi connectivity index (χ2n) is 25.4. The SMILES string of the molecule is CC/C=C\C/C=C\C/C=C\C/C=C\C/C=C\CCCCCCCC(=O)OCC(COP(=O)(O)OCC(O)COP(=O)(O)OCC(O)COC(=O)CCCCCCCCCCC/C=C\C/C=C\C/C=C\C/C=C\CCCCC)OC(=O)CCCCCCCCCCCCCCCCC.